The summed E-state index contributed by atoms with van der Waals surface area (Å²) in [5.74, 6) is 0.266. The van der Waals surface area contributed by atoms with Crippen molar-refractivity contribution in [3.8, 4) is 5.75 Å². The normalized spacial score (nSPS) is 18.6. The zero-order valence-electron chi connectivity index (χ0n) is 10.2. The molecule has 1 saturated heterocycles. The molecule has 1 heterocycles. The molecule has 2 rings (SSSR count). The van der Waals surface area contributed by atoms with Crippen LogP contribution in [0.2, 0.25) is 0 Å². The van der Waals surface area contributed by atoms with Gasteiger partial charge in [-0.15, -0.1) is 0 Å². The molecule has 0 aliphatic carbocycles. The molecule has 0 spiro atoms. The molecule has 1 unspecified atom stereocenters. The lowest BCUT2D eigenvalue weighted by Gasteiger charge is -2.12. The number of nitro benzene ring substituents is 1. The van der Waals surface area contributed by atoms with Gasteiger partial charge in [-0.25, -0.2) is 0 Å². The molecule has 0 radical (unpaired) electrons. The van der Waals surface area contributed by atoms with E-state index in [4.69, 9.17) is 9.47 Å². The summed E-state index contributed by atoms with van der Waals surface area (Å²) in [6.45, 7) is 1.47. The smallest absolute Gasteiger partial charge is 0.312 e. The van der Waals surface area contributed by atoms with Crippen molar-refractivity contribution in [2.24, 2.45) is 0 Å². The van der Waals surface area contributed by atoms with E-state index in [1.165, 1.54) is 13.2 Å². The zero-order valence-corrected chi connectivity index (χ0v) is 10.2. The lowest BCUT2D eigenvalue weighted by Crippen LogP contribution is -2.18. The van der Waals surface area contributed by atoms with Crippen LogP contribution in [-0.2, 0) is 4.74 Å². The first-order valence-corrected chi connectivity index (χ1v) is 5.88. The SMILES string of the molecule is COc1ccc(NCC2CCCO2)cc1[N+](=O)[O-]. The minimum Gasteiger partial charge on any atom is -0.490 e. The van der Waals surface area contributed by atoms with E-state index in [1.54, 1.807) is 12.1 Å². The summed E-state index contributed by atoms with van der Waals surface area (Å²) in [6.07, 6.45) is 2.31. The van der Waals surface area contributed by atoms with Crippen LogP contribution in [0.25, 0.3) is 0 Å². The molecular formula is C12H16N2O4. The fourth-order valence-corrected chi connectivity index (χ4v) is 1.98. The molecule has 1 atom stereocenters. The maximum absolute atomic E-state index is 10.9. The lowest BCUT2D eigenvalue weighted by atomic mass is 10.2. The maximum Gasteiger partial charge on any atom is 0.312 e. The Morgan fingerprint density at radius 2 is 2.44 bits per heavy atom. The number of methoxy groups -OCH3 is 1. The van der Waals surface area contributed by atoms with Crippen LogP contribution in [-0.4, -0.2) is 31.3 Å². The summed E-state index contributed by atoms with van der Waals surface area (Å²) < 4.78 is 10.4. The Balaban J connectivity index is 2.04. The van der Waals surface area contributed by atoms with Gasteiger partial charge in [0.15, 0.2) is 5.75 Å². The predicted molar refractivity (Wildman–Crippen MR) is 67.1 cm³/mol. The van der Waals surface area contributed by atoms with Crippen LogP contribution < -0.4 is 10.1 Å². The van der Waals surface area contributed by atoms with E-state index in [2.05, 4.69) is 5.32 Å². The third kappa shape index (κ3) is 2.89. The molecule has 98 valence electrons. The van der Waals surface area contributed by atoms with Gasteiger partial charge in [0.1, 0.15) is 0 Å². The van der Waals surface area contributed by atoms with Crippen molar-refractivity contribution in [3.05, 3.63) is 28.3 Å². The number of ether oxygens (including phenoxy) is 2. The minimum atomic E-state index is -0.448. The average molecular weight is 252 g/mol. The van der Waals surface area contributed by atoms with Crippen LogP contribution >= 0.6 is 0 Å². The number of hydrogen-bond acceptors (Lipinski definition) is 5. The highest BCUT2D eigenvalue weighted by Crippen LogP contribution is 2.29. The molecule has 0 amide bonds. The van der Waals surface area contributed by atoms with Gasteiger partial charge < -0.3 is 14.8 Å². The molecule has 1 aliphatic rings. The van der Waals surface area contributed by atoms with Crippen molar-refractivity contribution in [2.75, 3.05) is 25.6 Å². The molecule has 1 aromatic carbocycles. The van der Waals surface area contributed by atoms with Crippen LogP contribution in [0.4, 0.5) is 11.4 Å². The van der Waals surface area contributed by atoms with E-state index < -0.39 is 4.92 Å². The number of nitrogens with one attached hydrogen (secondary N) is 1. The third-order valence-corrected chi connectivity index (χ3v) is 2.93. The van der Waals surface area contributed by atoms with Crippen molar-refractivity contribution in [2.45, 2.75) is 18.9 Å². The first kappa shape index (κ1) is 12.6. The number of hydrogen-bond donors (Lipinski definition) is 1. The van der Waals surface area contributed by atoms with Gasteiger partial charge >= 0.3 is 5.69 Å². The Morgan fingerprint density at radius 1 is 1.61 bits per heavy atom. The van der Waals surface area contributed by atoms with Gasteiger partial charge in [0, 0.05) is 24.9 Å². The van der Waals surface area contributed by atoms with Crippen molar-refractivity contribution in [1.82, 2.24) is 0 Å². The van der Waals surface area contributed by atoms with Crippen LogP contribution in [0.15, 0.2) is 18.2 Å². The molecule has 0 bridgehead atoms. The summed E-state index contributed by atoms with van der Waals surface area (Å²) in [7, 11) is 1.42. The highest BCUT2D eigenvalue weighted by molar-refractivity contribution is 5.58. The third-order valence-electron chi connectivity index (χ3n) is 2.93. The molecule has 0 aromatic heterocycles. The van der Waals surface area contributed by atoms with E-state index >= 15 is 0 Å². The predicted octanol–water partition coefficient (Wildman–Crippen LogP) is 2.19. The van der Waals surface area contributed by atoms with Crippen LogP contribution in [0.1, 0.15) is 12.8 Å². The number of benzene rings is 1. The molecule has 1 aliphatic heterocycles. The van der Waals surface area contributed by atoms with E-state index in [9.17, 15) is 10.1 Å². The Kier molecular flexibility index (Phi) is 3.99. The van der Waals surface area contributed by atoms with Crippen LogP contribution in [0, 0.1) is 10.1 Å². The van der Waals surface area contributed by atoms with Gasteiger partial charge in [-0.2, -0.15) is 0 Å². The Bertz CT molecular complexity index is 430. The summed E-state index contributed by atoms with van der Waals surface area (Å²) in [5.41, 5.74) is 0.674. The second-order valence-corrected chi connectivity index (χ2v) is 4.16. The van der Waals surface area contributed by atoms with Crippen molar-refractivity contribution in [3.63, 3.8) is 0 Å². The number of nitro groups is 1. The van der Waals surface area contributed by atoms with Crippen LogP contribution in [0.5, 0.6) is 5.75 Å². The largest absolute Gasteiger partial charge is 0.490 e. The maximum atomic E-state index is 10.9. The highest BCUT2D eigenvalue weighted by atomic mass is 16.6. The second-order valence-electron chi connectivity index (χ2n) is 4.16. The van der Waals surface area contributed by atoms with Gasteiger partial charge in [0.2, 0.25) is 0 Å². The second kappa shape index (κ2) is 5.68. The molecule has 0 saturated carbocycles. The molecule has 1 fully saturated rings. The summed E-state index contributed by atoms with van der Waals surface area (Å²) in [4.78, 5) is 10.4. The fourth-order valence-electron chi connectivity index (χ4n) is 1.98. The monoisotopic (exact) mass is 252 g/mol. The van der Waals surface area contributed by atoms with E-state index in [1.807, 2.05) is 0 Å². The number of nitrogens with zero attached hydrogens (tertiary/aromatic N) is 1. The zero-order chi connectivity index (χ0) is 13.0. The van der Waals surface area contributed by atoms with Gasteiger partial charge in [-0.05, 0) is 25.0 Å². The molecule has 6 heteroatoms. The number of anilines is 1. The summed E-state index contributed by atoms with van der Waals surface area (Å²) >= 11 is 0. The summed E-state index contributed by atoms with van der Waals surface area (Å²) in [6, 6.07) is 4.84. The Morgan fingerprint density at radius 3 is 3.06 bits per heavy atom. The average Bonchev–Trinajstić information content (AvgIpc) is 2.89. The molecule has 1 N–H and O–H groups in total. The fraction of sp³-hybridized carbons (Fsp3) is 0.500. The molecule has 6 nitrogen and oxygen atoms in total. The lowest BCUT2D eigenvalue weighted by molar-refractivity contribution is -0.385. The molecule has 1 aromatic rings. The van der Waals surface area contributed by atoms with Gasteiger partial charge in [-0.1, -0.05) is 0 Å². The molecule has 18 heavy (non-hydrogen) atoms. The van der Waals surface area contributed by atoms with Gasteiger partial charge in [-0.3, -0.25) is 10.1 Å². The van der Waals surface area contributed by atoms with E-state index in [0.29, 0.717) is 12.2 Å². The first-order valence-electron chi connectivity index (χ1n) is 5.88. The topological polar surface area (TPSA) is 73.6 Å². The van der Waals surface area contributed by atoms with Crippen molar-refractivity contribution < 1.29 is 14.4 Å². The quantitative estimate of drug-likeness (QED) is 0.642. The van der Waals surface area contributed by atoms with E-state index in [-0.39, 0.29) is 17.5 Å². The minimum absolute atomic E-state index is 0.0326. The van der Waals surface area contributed by atoms with E-state index in [0.717, 1.165) is 19.4 Å². The highest BCUT2D eigenvalue weighted by Gasteiger charge is 2.17. The van der Waals surface area contributed by atoms with Gasteiger partial charge in [0.25, 0.3) is 0 Å². The van der Waals surface area contributed by atoms with Crippen molar-refractivity contribution >= 4 is 11.4 Å². The first-order chi connectivity index (χ1) is 8.70. The Labute approximate surface area is 105 Å². The Hall–Kier alpha value is -1.82. The molecular weight excluding hydrogens is 236 g/mol. The summed E-state index contributed by atoms with van der Waals surface area (Å²) in [5, 5.41) is 14.0. The van der Waals surface area contributed by atoms with Crippen LogP contribution in [0.3, 0.4) is 0 Å². The van der Waals surface area contributed by atoms with Gasteiger partial charge in [0.05, 0.1) is 18.1 Å². The number of rotatable bonds is 5. The standard InChI is InChI=1S/C12H16N2O4/c1-17-12-5-4-9(7-11(12)14(15)16)13-8-10-3-2-6-18-10/h4-5,7,10,13H,2-3,6,8H2,1H3. The van der Waals surface area contributed by atoms with Crippen molar-refractivity contribution in [1.29, 1.82) is 0 Å².